The molecule has 0 aromatic heterocycles. The zero-order valence-corrected chi connectivity index (χ0v) is 16.0. The number of piperazine rings is 1. The van der Waals surface area contributed by atoms with Crippen molar-refractivity contribution in [2.45, 2.75) is 26.3 Å². The van der Waals surface area contributed by atoms with Gasteiger partial charge in [0.15, 0.2) is 0 Å². The summed E-state index contributed by atoms with van der Waals surface area (Å²) in [6, 6.07) is 8.05. The number of hydrogen-bond donors (Lipinski definition) is 3. The molecule has 148 valence electrons. The van der Waals surface area contributed by atoms with Crippen molar-refractivity contribution in [2.24, 2.45) is 0 Å². The van der Waals surface area contributed by atoms with Crippen molar-refractivity contribution in [2.75, 3.05) is 44.6 Å². The Hall–Kier alpha value is -2.61. The fourth-order valence-electron chi connectivity index (χ4n) is 2.87. The Morgan fingerprint density at radius 1 is 1.07 bits per heavy atom. The second-order valence-corrected chi connectivity index (χ2v) is 6.64. The van der Waals surface area contributed by atoms with Gasteiger partial charge in [0.05, 0.1) is 6.54 Å². The average Bonchev–Trinajstić information content (AvgIpc) is 2.67. The molecule has 1 fully saturated rings. The molecule has 1 atom stereocenters. The highest BCUT2D eigenvalue weighted by molar-refractivity contribution is 5.93. The number of benzene rings is 1. The molecule has 4 amide bonds. The summed E-state index contributed by atoms with van der Waals surface area (Å²) in [4.78, 5) is 40.1. The molecule has 0 radical (unpaired) electrons. The van der Waals surface area contributed by atoms with Crippen LogP contribution in [0.3, 0.4) is 0 Å². The average molecular weight is 375 g/mol. The smallest absolute Gasteiger partial charge is 0.319 e. The standard InChI is InChI=1S/C19H29N5O3/c1-3-9-20-17(25)14-23-10-12-24(13-11-23)18(26)15(2)21-19(27)22-16-7-5-4-6-8-16/h4-8,15H,3,9-14H2,1-2H3,(H,20,25)(H2,21,22,27). The molecule has 0 aliphatic carbocycles. The summed E-state index contributed by atoms with van der Waals surface area (Å²) >= 11 is 0. The van der Waals surface area contributed by atoms with Crippen molar-refractivity contribution in [1.82, 2.24) is 20.4 Å². The van der Waals surface area contributed by atoms with E-state index in [1.807, 2.05) is 30.0 Å². The topological polar surface area (TPSA) is 93.8 Å². The number of carbonyl (C=O) groups excluding carboxylic acids is 3. The summed E-state index contributed by atoms with van der Waals surface area (Å²) in [6.45, 7) is 7.12. The molecule has 8 nitrogen and oxygen atoms in total. The van der Waals surface area contributed by atoms with E-state index in [-0.39, 0.29) is 11.8 Å². The predicted molar refractivity (Wildman–Crippen MR) is 104 cm³/mol. The zero-order valence-electron chi connectivity index (χ0n) is 16.0. The maximum atomic E-state index is 12.5. The van der Waals surface area contributed by atoms with Gasteiger partial charge in [-0.15, -0.1) is 0 Å². The number of urea groups is 1. The monoisotopic (exact) mass is 375 g/mol. The first-order chi connectivity index (χ1) is 13.0. The first-order valence-electron chi connectivity index (χ1n) is 9.40. The van der Waals surface area contributed by atoms with E-state index in [0.29, 0.717) is 45.0 Å². The lowest BCUT2D eigenvalue weighted by atomic mass is 10.2. The first-order valence-corrected chi connectivity index (χ1v) is 9.40. The highest BCUT2D eigenvalue weighted by Gasteiger charge is 2.26. The number of rotatable bonds is 7. The lowest BCUT2D eigenvalue weighted by Gasteiger charge is -2.35. The fourth-order valence-corrected chi connectivity index (χ4v) is 2.87. The number of nitrogens with zero attached hydrogens (tertiary/aromatic N) is 2. The molecule has 1 aliphatic heterocycles. The van der Waals surface area contributed by atoms with Crippen molar-refractivity contribution in [3.8, 4) is 0 Å². The van der Waals surface area contributed by atoms with Crippen LogP contribution in [0.15, 0.2) is 30.3 Å². The van der Waals surface area contributed by atoms with Crippen LogP contribution in [0, 0.1) is 0 Å². The van der Waals surface area contributed by atoms with Gasteiger partial charge in [0.1, 0.15) is 6.04 Å². The Morgan fingerprint density at radius 2 is 1.74 bits per heavy atom. The molecule has 27 heavy (non-hydrogen) atoms. The summed E-state index contributed by atoms with van der Waals surface area (Å²) in [6.07, 6.45) is 0.913. The SMILES string of the molecule is CCCNC(=O)CN1CCN(C(=O)C(C)NC(=O)Nc2ccccc2)CC1. The van der Waals surface area contributed by atoms with Gasteiger partial charge in [-0.1, -0.05) is 25.1 Å². The van der Waals surface area contributed by atoms with Gasteiger partial charge in [0, 0.05) is 38.4 Å². The van der Waals surface area contributed by atoms with Crippen LogP contribution in [-0.4, -0.2) is 73.0 Å². The van der Waals surface area contributed by atoms with Crippen LogP contribution < -0.4 is 16.0 Å². The maximum absolute atomic E-state index is 12.5. The number of anilines is 1. The Labute approximate surface area is 160 Å². The third-order valence-electron chi connectivity index (χ3n) is 4.37. The van der Waals surface area contributed by atoms with E-state index in [2.05, 4.69) is 16.0 Å². The van der Waals surface area contributed by atoms with Gasteiger partial charge in [0.25, 0.3) is 0 Å². The Balaban J connectivity index is 1.72. The molecule has 0 saturated carbocycles. The summed E-state index contributed by atoms with van der Waals surface area (Å²) in [7, 11) is 0. The number of para-hydroxylation sites is 1. The van der Waals surface area contributed by atoms with Gasteiger partial charge in [-0.2, -0.15) is 0 Å². The van der Waals surface area contributed by atoms with Crippen molar-refractivity contribution in [1.29, 1.82) is 0 Å². The molecule has 3 N–H and O–H groups in total. The van der Waals surface area contributed by atoms with E-state index >= 15 is 0 Å². The highest BCUT2D eigenvalue weighted by Crippen LogP contribution is 2.06. The van der Waals surface area contributed by atoms with Crippen LogP contribution >= 0.6 is 0 Å². The molecule has 8 heteroatoms. The second kappa shape index (κ2) is 10.5. The third kappa shape index (κ3) is 6.90. The number of amides is 4. The number of carbonyl (C=O) groups is 3. The molecular formula is C19H29N5O3. The van der Waals surface area contributed by atoms with Gasteiger partial charge in [0.2, 0.25) is 11.8 Å². The van der Waals surface area contributed by atoms with E-state index in [0.717, 1.165) is 6.42 Å². The molecule has 1 unspecified atom stereocenters. The molecule has 1 aromatic rings. The van der Waals surface area contributed by atoms with E-state index in [4.69, 9.17) is 0 Å². The molecular weight excluding hydrogens is 346 g/mol. The molecule has 0 bridgehead atoms. The number of hydrogen-bond acceptors (Lipinski definition) is 4. The summed E-state index contributed by atoms with van der Waals surface area (Å²) < 4.78 is 0. The minimum Gasteiger partial charge on any atom is -0.355 e. The minimum absolute atomic E-state index is 0.0178. The Bertz CT molecular complexity index is 629. The predicted octanol–water partition coefficient (Wildman–Crippen LogP) is 0.867. The largest absolute Gasteiger partial charge is 0.355 e. The van der Waals surface area contributed by atoms with Crippen LogP contribution in [0.4, 0.5) is 10.5 Å². The molecule has 0 spiro atoms. The minimum atomic E-state index is -0.617. The van der Waals surface area contributed by atoms with Gasteiger partial charge in [-0.05, 0) is 25.5 Å². The van der Waals surface area contributed by atoms with E-state index in [1.165, 1.54) is 0 Å². The van der Waals surface area contributed by atoms with Gasteiger partial charge < -0.3 is 20.9 Å². The van der Waals surface area contributed by atoms with E-state index < -0.39 is 12.1 Å². The molecule has 1 aromatic carbocycles. The maximum Gasteiger partial charge on any atom is 0.319 e. The molecule has 1 heterocycles. The zero-order chi connectivity index (χ0) is 19.6. The lowest BCUT2D eigenvalue weighted by molar-refractivity contribution is -0.134. The van der Waals surface area contributed by atoms with Gasteiger partial charge >= 0.3 is 6.03 Å². The fraction of sp³-hybridized carbons (Fsp3) is 0.526. The Kier molecular flexibility index (Phi) is 8.06. The highest BCUT2D eigenvalue weighted by atomic mass is 16.2. The van der Waals surface area contributed by atoms with Crippen molar-refractivity contribution < 1.29 is 14.4 Å². The Morgan fingerprint density at radius 3 is 2.37 bits per heavy atom. The van der Waals surface area contributed by atoms with Crippen molar-refractivity contribution in [3.63, 3.8) is 0 Å². The molecule has 1 aliphatic rings. The second-order valence-electron chi connectivity index (χ2n) is 6.64. The lowest BCUT2D eigenvalue weighted by Crippen LogP contribution is -2.55. The van der Waals surface area contributed by atoms with Gasteiger partial charge in [-0.3, -0.25) is 14.5 Å². The normalized spacial score (nSPS) is 15.7. The van der Waals surface area contributed by atoms with Crippen LogP contribution in [0.5, 0.6) is 0 Å². The summed E-state index contributed by atoms with van der Waals surface area (Å²) in [5, 5.41) is 8.23. The van der Waals surface area contributed by atoms with Crippen molar-refractivity contribution >= 4 is 23.5 Å². The van der Waals surface area contributed by atoms with E-state index in [1.54, 1.807) is 24.0 Å². The quantitative estimate of drug-likeness (QED) is 0.659. The molecule has 1 saturated heterocycles. The van der Waals surface area contributed by atoms with Crippen molar-refractivity contribution in [3.05, 3.63) is 30.3 Å². The van der Waals surface area contributed by atoms with Crippen LogP contribution in [0.1, 0.15) is 20.3 Å². The van der Waals surface area contributed by atoms with Crippen LogP contribution in [0.25, 0.3) is 0 Å². The summed E-state index contributed by atoms with van der Waals surface area (Å²) in [5.74, 6) is -0.0995. The summed E-state index contributed by atoms with van der Waals surface area (Å²) in [5.41, 5.74) is 0.671. The third-order valence-corrected chi connectivity index (χ3v) is 4.37. The first kappa shape index (κ1) is 20.7. The van der Waals surface area contributed by atoms with E-state index in [9.17, 15) is 14.4 Å². The van der Waals surface area contributed by atoms with Gasteiger partial charge in [-0.25, -0.2) is 4.79 Å². The van der Waals surface area contributed by atoms with Crippen LogP contribution in [0.2, 0.25) is 0 Å². The number of nitrogens with one attached hydrogen (secondary N) is 3. The van der Waals surface area contributed by atoms with Crippen LogP contribution in [-0.2, 0) is 9.59 Å². The molecule has 2 rings (SSSR count).